The first-order chi connectivity index (χ1) is 9.11. The van der Waals surface area contributed by atoms with E-state index in [0.29, 0.717) is 23.0 Å². The SMILES string of the molecule is NC(=O)c1ccc2nc(NC(=O)CC3CC3)sc2c1. The van der Waals surface area contributed by atoms with Crippen LogP contribution < -0.4 is 11.1 Å². The standard InChI is InChI=1S/C13H13N3O2S/c14-12(18)8-3-4-9-10(6-8)19-13(15-9)16-11(17)5-7-1-2-7/h3-4,6-7H,1-2,5H2,(H2,14,18)(H,15,16,17). The number of nitrogens with zero attached hydrogens (tertiary/aromatic N) is 1. The van der Waals surface area contributed by atoms with Crippen LogP contribution in [0.15, 0.2) is 18.2 Å². The average molecular weight is 275 g/mol. The van der Waals surface area contributed by atoms with E-state index in [4.69, 9.17) is 5.73 Å². The molecule has 3 rings (SSSR count). The van der Waals surface area contributed by atoms with Crippen LogP contribution in [0.2, 0.25) is 0 Å². The first kappa shape index (κ1) is 12.1. The number of thiazole rings is 1. The summed E-state index contributed by atoms with van der Waals surface area (Å²) in [7, 11) is 0. The summed E-state index contributed by atoms with van der Waals surface area (Å²) < 4.78 is 0.845. The molecule has 0 radical (unpaired) electrons. The van der Waals surface area contributed by atoms with Gasteiger partial charge in [-0.05, 0) is 37.0 Å². The van der Waals surface area contributed by atoms with Gasteiger partial charge in [0.05, 0.1) is 10.2 Å². The van der Waals surface area contributed by atoms with E-state index in [0.717, 1.165) is 23.1 Å². The second-order valence-electron chi connectivity index (χ2n) is 4.76. The Hall–Kier alpha value is -1.95. The number of amides is 2. The lowest BCUT2D eigenvalue weighted by atomic mass is 10.2. The molecule has 0 atom stereocenters. The van der Waals surface area contributed by atoms with Crippen molar-refractivity contribution in [2.24, 2.45) is 11.7 Å². The molecule has 2 aromatic rings. The zero-order valence-corrected chi connectivity index (χ0v) is 11.0. The summed E-state index contributed by atoms with van der Waals surface area (Å²) in [5, 5.41) is 3.38. The van der Waals surface area contributed by atoms with Crippen molar-refractivity contribution in [3.8, 4) is 0 Å². The molecular formula is C13H13N3O2S. The molecule has 1 aromatic carbocycles. The molecule has 0 bridgehead atoms. The molecule has 1 fully saturated rings. The first-order valence-electron chi connectivity index (χ1n) is 6.12. The minimum absolute atomic E-state index is 0.0108. The van der Waals surface area contributed by atoms with Crippen molar-refractivity contribution in [1.82, 2.24) is 4.98 Å². The van der Waals surface area contributed by atoms with E-state index >= 15 is 0 Å². The maximum Gasteiger partial charge on any atom is 0.248 e. The Morgan fingerprint density at radius 2 is 2.21 bits per heavy atom. The Kier molecular flexibility index (Phi) is 2.94. The Balaban J connectivity index is 1.80. The maximum absolute atomic E-state index is 11.7. The molecule has 0 spiro atoms. The molecular weight excluding hydrogens is 262 g/mol. The zero-order chi connectivity index (χ0) is 13.4. The second-order valence-corrected chi connectivity index (χ2v) is 5.79. The van der Waals surface area contributed by atoms with Crippen LogP contribution in [0.4, 0.5) is 5.13 Å². The van der Waals surface area contributed by atoms with E-state index in [1.165, 1.54) is 11.3 Å². The fraction of sp³-hybridized carbons (Fsp3) is 0.308. The van der Waals surface area contributed by atoms with E-state index in [2.05, 4.69) is 10.3 Å². The van der Waals surface area contributed by atoms with Crippen molar-refractivity contribution in [2.45, 2.75) is 19.3 Å². The van der Waals surface area contributed by atoms with Crippen molar-refractivity contribution in [2.75, 3.05) is 5.32 Å². The van der Waals surface area contributed by atoms with Gasteiger partial charge in [-0.2, -0.15) is 0 Å². The van der Waals surface area contributed by atoms with E-state index in [-0.39, 0.29) is 5.91 Å². The molecule has 3 N–H and O–H groups in total. The van der Waals surface area contributed by atoms with Crippen LogP contribution in [-0.4, -0.2) is 16.8 Å². The smallest absolute Gasteiger partial charge is 0.248 e. The van der Waals surface area contributed by atoms with Crippen LogP contribution in [0.5, 0.6) is 0 Å². The van der Waals surface area contributed by atoms with Crippen LogP contribution in [0.25, 0.3) is 10.2 Å². The van der Waals surface area contributed by atoms with Crippen LogP contribution >= 0.6 is 11.3 Å². The lowest BCUT2D eigenvalue weighted by molar-refractivity contribution is -0.116. The molecule has 1 saturated carbocycles. The number of fused-ring (bicyclic) bond motifs is 1. The molecule has 0 saturated heterocycles. The number of primary amides is 1. The lowest BCUT2D eigenvalue weighted by Crippen LogP contribution is -2.11. The highest BCUT2D eigenvalue weighted by molar-refractivity contribution is 7.22. The average Bonchev–Trinajstić information content (AvgIpc) is 3.06. The lowest BCUT2D eigenvalue weighted by Gasteiger charge is -1.98. The molecule has 5 nitrogen and oxygen atoms in total. The topological polar surface area (TPSA) is 85.1 Å². The van der Waals surface area contributed by atoms with Crippen LogP contribution in [0.1, 0.15) is 29.6 Å². The summed E-state index contributed by atoms with van der Waals surface area (Å²) in [5.74, 6) is 0.0992. The van der Waals surface area contributed by atoms with Gasteiger partial charge in [0, 0.05) is 12.0 Å². The molecule has 1 aliphatic rings. The third-order valence-corrected chi connectivity index (χ3v) is 4.02. The highest BCUT2D eigenvalue weighted by Gasteiger charge is 2.24. The van der Waals surface area contributed by atoms with Gasteiger partial charge in [0.25, 0.3) is 0 Å². The van der Waals surface area contributed by atoms with E-state index in [1.54, 1.807) is 18.2 Å². The van der Waals surface area contributed by atoms with Gasteiger partial charge in [-0.15, -0.1) is 0 Å². The van der Waals surface area contributed by atoms with E-state index in [9.17, 15) is 9.59 Å². The third-order valence-electron chi connectivity index (χ3n) is 3.09. The van der Waals surface area contributed by atoms with Crippen LogP contribution in [0.3, 0.4) is 0 Å². The number of benzene rings is 1. The van der Waals surface area contributed by atoms with Crippen molar-refractivity contribution >= 4 is 38.5 Å². The van der Waals surface area contributed by atoms with Gasteiger partial charge in [0.2, 0.25) is 11.8 Å². The highest BCUT2D eigenvalue weighted by Crippen LogP contribution is 2.33. The molecule has 98 valence electrons. The van der Waals surface area contributed by atoms with Gasteiger partial charge in [0.1, 0.15) is 0 Å². The molecule has 0 unspecified atom stereocenters. The number of hydrogen-bond acceptors (Lipinski definition) is 4. The summed E-state index contributed by atoms with van der Waals surface area (Å²) in [6, 6.07) is 5.08. The third kappa shape index (κ3) is 2.73. The first-order valence-corrected chi connectivity index (χ1v) is 6.94. The summed E-state index contributed by atoms with van der Waals surface area (Å²) >= 11 is 1.35. The van der Waals surface area contributed by atoms with Crippen molar-refractivity contribution in [3.05, 3.63) is 23.8 Å². The molecule has 19 heavy (non-hydrogen) atoms. The van der Waals surface area contributed by atoms with Crippen molar-refractivity contribution < 1.29 is 9.59 Å². The number of nitrogens with one attached hydrogen (secondary N) is 1. The van der Waals surface area contributed by atoms with Crippen LogP contribution in [0, 0.1) is 5.92 Å². The molecule has 1 heterocycles. The predicted molar refractivity (Wildman–Crippen MR) is 74.1 cm³/mol. The van der Waals surface area contributed by atoms with Gasteiger partial charge < -0.3 is 11.1 Å². The quantitative estimate of drug-likeness (QED) is 0.896. The number of carbonyl (C=O) groups excluding carboxylic acids is 2. The minimum Gasteiger partial charge on any atom is -0.366 e. The van der Waals surface area contributed by atoms with E-state index < -0.39 is 5.91 Å². The van der Waals surface area contributed by atoms with Gasteiger partial charge in [-0.1, -0.05) is 11.3 Å². The normalized spacial score (nSPS) is 14.5. The summed E-state index contributed by atoms with van der Waals surface area (Å²) in [5.41, 5.74) is 6.44. The Morgan fingerprint density at radius 3 is 2.89 bits per heavy atom. The van der Waals surface area contributed by atoms with Gasteiger partial charge in [-0.3, -0.25) is 9.59 Å². The molecule has 2 amide bonds. The summed E-state index contributed by atoms with van der Waals surface area (Å²) in [6.45, 7) is 0. The number of rotatable bonds is 4. The number of aromatic nitrogens is 1. The molecule has 0 aliphatic heterocycles. The number of carbonyl (C=O) groups is 2. The Labute approximate surface area is 113 Å². The molecule has 1 aromatic heterocycles. The van der Waals surface area contributed by atoms with Crippen molar-refractivity contribution in [1.29, 1.82) is 0 Å². The van der Waals surface area contributed by atoms with Gasteiger partial charge >= 0.3 is 0 Å². The fourth-order valence-electron chi connectivity index (χ4n) is 1.89. The van der Waals surface area contributed by atoms with Gasteiger partial charge in [0.15, 0.2) is 5.13 Å². The zero-order valence-electron chi connectivity index (χ0n) is 10.2. The number of hydrogen-bond donors (Lipinski definition) is 2. The number of nitrogens with two attached hydrogens (primary N) is 1. The molecule has 6 heteroatoms. The largest absolute Gasteiger partial charge is 0.366 e. The monoisotopic (exact) mass is 275 g/mol. The Morgan fingerprint density at radius 1 is 1.42 bits per heavy atom. The van der Waals surface area contributed by atoms with Crippen LogP contribution in [-0.2, 0) is 4.79 Å². The second kappa shape index (κ2) is 4.62. The number of anilines is 1. The maximum atomic E-state index is 11.7. The summed E-state index contributed by atoms with van der Waals surface area (Å²) in [4.78, 5) is 27.1. The minimum atomic E-state index is -0.463. The van der Waals surface area contributed by atoms with Gasteiger partial charge in [-0.25, -0.2) is 4.98 Å². The predicted octanol–water partition coefficient (Wildman–Crippen LogP) is 2.13. The molecule has 1 aliphatic carbocycles. The fourth-order valence-corrected chi connectivity index (χ4v) is 2.81. The Bertz CT molecular complexity index is 661. The van der Waals surface area contributed by atoms with Crippen molar-refractivity contribution in [3.63, 3.8) is 0 Å². The van der Waals surface area contributed by atoms with E-state index in [1.807, 2.05) is 0 Å². The summed E-state index contributed by atoms with van der Waals surface area (Å²) in [6.07, 6.45) is 2.87. The highest BCUT2D eigenvalue weighted by atomic mass is 32.1.